The first kappa shape index (κ1) is 19.6. The van der Waals surface area contributed by atoms with E-state index in [-0.39, 0.29) is 11.7 Å². The molecule has 0 aromatic heterocycles. The zero-order valence-electron chi connectivity index (χ0n) is 13.5. The Morgan fingerprint density at radius 1 is 1.16 bits per heavy atom. The van der Waals surface area contributed by atoms with Gasteiger partial charge >= 0.3 is 5.97 Å². The highest BCUT2D eigenvalue weighted by Crippen LogP contribution is 2.29. The van der Waals surface area contributed by atoms with Gasteiger partial charge in [0.15, 0.2) is 0 Å². The summed E-state index contributed by atoms with van der Waals surface area (Å²) in [5.74, 6) is -0.655. The molecule has 0 saturated heterocycles. The quantitative estimate of drug-likeness (QED) is 0.566. The van der Waals surface area contributed by atoms with Crippen molar-refractivity contribution in [1.82, 2.24) is 5.32 Å². The molecule has 7 heteroatoms. The molecule has 1 N–H and O–H groups in total. The van der Waals surface area contributed by atoms with Crippen LogP contribution in [-0.4, -0.2) is 30.8 Å². The van der Waals surface area contributed by atoms with Crippen LogP contribution in [0.15, 0.2) is 53.4 Å². The Labute approximate surface area is 160 Å². The van der Waals surface area contributed by atoms with Crippen LogP contribution in [0.4, 0.5) is 0 Å². The standard InChI is InChI=1S/C18H17Cl2NO3S/c1-24-18(23)15(9-12-5-3-2-4-6-12)21-17(22)11-25-16-10-13(19)7-8-14(16)20/h2-8,10,15H,9,11H2,1H3,(H,21,22)/t15-/m0/s1. The van der Waals surface area contributed by atoms with Gasteiger partial charge in [0.2, 0.25) is 5.91 Å². The molecule has 0 aliphatic carbocycles. The average Bonchev–Trinajstić information content (AvgIpc) is 2.62. The second kappa shape index (κ2) is 9.70. The highest BCUT2D eigenvalue weighted by molar-refractivity contribution is 8.00. The zero-order chi connectivity index (χ0) is 18.2. The number of hydrogen-bond donors (Lipinski definition) is 1. The lowest BCUT2D eigenvalue weighted by molar-refractivity contribution is -0.144. The predicted molar refractivity (Wildman–Crippen MR) is 101 cm³/mol. The number of amides is 1. The van der Waals surface area contributed by atoms with E-state index >= 15 is 0 Å². The maximum atomic E-state index is 12.2. The summed E-state index contributed by atoms with van der Waals surface area (Å²) in [6.45, 7) is 0. The number of carbonyl (C=O) groups is 2. The molecule has 0 bridgehead atoms. The Morgan fingerprint density at radius 2 is 1.88 bits per heavy atom. The number of hydrogen-bond acceptors (Lipinski definition) is 4. The number of nitrogens with one attached hydrogen (secondary N) is 1. The largest absolute Gasteiger partial charge is 0.467 e. The van der Waals surface area contributed by atoms with Gasteiger partial charge in [-0.05, 0) is 23.8 Å². The van der Waals surface area contributed by atoms with Gasteiger partial charge in [-0.2, -0.15) is 0 Å². The minimum atomic E-state index is -0.740. The minimum Gasteiger partial charge on any atom is -0.467 e. The molecular formula is C18H17Cl2NO3S. The van der Waals surface area contributed by atoms with Gasteiger partial charge in [0.25, 0.3) is 0 Å². The van der Waals surface area contributed by atoms with Crippen LogP contribution in [0, 0.1) is 0 Å². The summed E-state index contributed by atoms with van der Waals surface area (Å²) in [6, 6.07) is 13.7. The fourth-order valence-electron chi connectivity index (χ4n) is 2.15. The molecule has 0 aliphatic rings. The highest BCUT2D eigenvalue weighted by Gasteiger charge is 2.22. The van der Waals surface area contributed by atoms with E-state index in [9.17, 15) is 9.59 Å². The molecule has 0 spiro atoms. The summed E-state index contributed by atoms with van der Waals surface area (Å²) in [4.78, 5) is 24.9. The smallest absolute Gasteiger partial charge is 0.328 e. The van der Waals surface area contributed by atoms with Crippen molar-refractivity contribution in [3.63, 3.8) is 0 Å². The lowest BCUT2D eigenvalue weighted by Crippen LogP contribution is -2.43. The van der Waals surface area contributed by atoms with Crippen LogP contribution in [-0.2, 0) is 20.7 Å². The summed E-state index contributed by atoms with van der Waals surface area (Å²) in [5.41, 5.74) is 0.934. The van der Waals surface area contributed by atoms with Crippen molar-refractivity contribution in [3.05, 3.63) is 64.1 Å². The molecule has 132 valence electrons. The van der Waals surface area contributed by atoms with E-state index in [1.165, 1.54) is 18.9 Å². The minimum absolute atomic E-state index is 0.113. The van der Waals surface area contributed by atoms with E-state index in [1.54, 1.807) is 18.2 Å². The number of rotatable bonds is 7. The summed E-state index contributed by atoms with van der Waals surface area (Å²) >= 11 is 13.3. The average molecular weight is 398 g/mol. The fraction of sp³-hybridized carbons (Fsp3) is 0.222. The fourth-order valence-corrected chi connectivity index (χ4v) is 3.46. The molecule has 2 aromatic rings. The topological polar surface area (TPSA) is 55.4 Å². The molecule has 4 nitrogen and oxygen atoms in total. The van der Waals surface area contributed by atoms with Crippen LogP contribution in [0.5, 0.6) is 0 Å². The molecule has 25 heavy (non-hydrogen) atoms. The number of halogens is 2. The molecule has 1 atom stereocenters. The summed E-state index contributed by atoms with van der Waals surface area (Å²) in [7, 11) is 1.30. The van der Waals surface area contributed by atoms with Crippen molar-refractivity contribution in [1.29, 1.82) is 0 Å². The second-order valence-electron chi connectivity index (χ2n) is 5.20. The van der Waals surface area contributed by atoms with Crippen LogP contribution in [0.2, 0.25) is 10.0 Å². The Kier molecular flexibility index (Phi) is 7.62. The molecular weight excluding hydrogens is 381 g/mol. The van der Waals surface area contributed by atoms with Crippen LogP contribution < -0.4 is 5.32 Å². The SMILES string of the molecule is COC(=O)[C@H](Cc1ccccc1)NC(=O)CSc1cc(Cl)ccc1Cl. The van der Waals surface area contributed by atoms with Crippen molar-refractivity contribution < 1.29 is 14.3 Å². The molecule has 2 rings (SSSR count). The maximum absolute atomic E-state index is 12.2. The number of thioether (sulfide) groups is 1. The number of methoxy groups -OCH3 is 1. The molecule has 0 aliphatic heterocycles. The predicted octanol–water partition coefficient (Wildman–Crippen LogP) is 3.99. The first-order valence-corrected chi connectivity index (χ1v) is 9.22. The number of benzene rings is 2. The molecule has 0 saturated carbocycles. The Bertz CT molecular complexity index is 740. The third-order valence-electron chi connectivity index (χ3n) is 3.36. The van der Waals surface area contributed by atoms with Gasteiger partial charge in [0.05, 0.1) is 17.9 Å². The van der Waals surface area contributed by atoms with Gasteiger partial charge in [0, 0.05) is 16.3 Å². The molecule has 0 radical (unpaired) electrons. The van der Waals surface area contributed by atoms with Crippen molar-refractivity contribution in [2.45, 2.75) is 17.4 Å². The number of esters is 1. The summed E-state index contributed by atoms with van der Waals surface area (Å²) in [5, 5.41) is 3.78. The van der Waals surface area contributed by atoms with Crippen LogP contribution in [0.25, 0.3) is 0 Å². The Morgan fingerprint density at radius 3 is 2.56 bits per heavy atom. The first-order valence-electron chi connectivity index (χ1n) is 7.48. The van der Waals surface area contributed by atoms with Crippen molar-refractivity contribution in [2.24, 2.45) is 0 Å². The summed E-state index contributed by atoms with van der Waals surface area (Å²) < 4.78 is 4.78. The van der Waals surface area contributed by atoms with E-state index in [0.717, 1.165) is 5.56 Å². The Hall–Kier alpha value is -1.69. The van der Waals surface area contributed by atoms with E-state index < -0.39 is 12.0 Å². The van der Waals surface area contributed by atoms with Crippen molar-refractivity contribution in [3.8, 4) is 0 Å². The van der Waals surface area contributed by atoms with Crippen LogP contribution in [0.1, 0.15) is 5.56 Å². The van der Waals surface area contributed by atoms with Crippen LogP contribution in [0.3, 0.4) is 0 Å². The lowest BCUT2D eigenvalue weighted by Gasteiger charge is -2.16. The first-order chi connectivity index (χ1) is 12.0. The zero-order valence-corrected chi connectivity index (χ0v) is 15.8. The third-order valence-corrected chi connectivity index (χ3v) is 5.09. The summed E-state index contributed by atoms with van der Waals surface area (Å²) in [6.07, 6.45) is 0.363. The highest BCUT2D eigenvalue weighted by atomic mass is 35.5. The maximum Gasteiger partial charge on any atom is 0.328 e. The molecule has 1 amide bonds. The molecule has 0 heterocycles. The van der Waals surface area contributed by atoms with Gasteiger partial charge in [-0.15, -0.1) is 11.8 Å². The Balaban J connectivity index is 1.97. The molecule has 0 fully saturated rings. The molecule has 0 unspecified atom stereocenters. The van der Waals surface area contributed by atoms with E-state index in [1.807, 2.05) is 30.3 Å². The molecule has 2 aromatic carbocycles. The van der Waals surface area contributed by atoms with Crippen molar-refractivity contribution >= 4 is 46.8 Å². The van der Waals surface area contributed by atoms with Crippen LogP contribution >= 0.6 is 35.0 Å². The second-order valence-corrected chi connectivity index (χ2v) is 7.06. The van der Waals surface area contributed by atoms with Gasteiger partial charge < -0.3 is 10.1 Å². The monoisotopic (exact) mass is 397 g/mol. The van der Waals surface area contributed by atoms with E-state index in [2.05, 4.69) is 5.32 Å². The number of ether oxygens (including phenoxy) is 1. The van der Waals surface area contributed by atoms with E-state index in [0.29, 0.717) is 21.4 Å². The number of carbonyl (C=O) groups excluding carboxylic acids is 2. The van der Waals surface area contributed by atoms with Crippen molar-refractivity contribution in [2.75, 3.05) is 12.9 Å². The third kappa shape index (κ3) is 6.27. The van der Waals surface area contributed by atoms with Gasteiger partial charge in [-0.1, -0.05) is 53.5 Å². The van der Waals surface area contributed by atoms with E-state index in [4.69, 9.17) is 27.9 Å². The van der Waals surface area contributed by atoms with Gasteiger partial charge in [0.1, 0.15) is 6.04 Å². The van der Waals surface area contributed by atoms with Gasteiger partial charge in [-0.25, -0.2) is 4.79 Å². The lowest BCUT2D eigenvalue weighted by atomic mass is 10.1. The van der Waals surface area contributed by atoms with Gasteiger partial charge in [-0.3, -0.25) is 4.79 Å². The normalized spacial score (nSPS) is 11.6.